The molecule has 1 aliphatic rings. The van der Waals surface area contributed by atoms with E-state index in [4.69, 9.17) is 5.73 Å². The summed E-state index contributed by atoms with van der Waals surface area (Å²) in [6, 6.07) is 0.664. The molecule has 1 aromatic heterocycles. The lowest BCUT2D eigenvalue weighted by molar-refractivity contribution is 0.456. The minimum absolute atomic E-state index is 0.664. The van der Waals surface area contributed by atoms with Gasteiger partial charge in [-0.1, -0.05) is 12.8 Å². The second-order valence-electron chi connectivity index (χ2n) is 4.53. The second kappa shape index (κ2) is 4.79. The van der Waals surface area contributed by atoms with Crippen LogP contribution in [0, 0.1) is 6.92 Å². The summed E-state index contributed by atoms with van der Waals surface area (Å²) in [5.74, 6) is 0. The molecule has 15 heavy (non-hydrogen) atoms. The number of nitrogens with zero attached hydrogens (tertiary/aromatic N) is 2. The van der Waals surface area contributed by atoms with E-state index in [2.05, 4.69) is 16.7 Å². The molecule has 1 aliphatic carbocycles. The number of aryl methyl sites for hydroxylation is 1. The van der Waals surface area contributed by atoms with Crippen molar-refractivity contribution in [1.82, 2.24) is 9.78 Å². The third-order valence-electron chi connectivity index (χ3n) is 3.47. The van der Waals surface area contributed by atoms with Gasteiger partial charge in [0.05, 0.1) is 12.2 Å². The molecule has 1 fully saturated rings. The topological polar surface area (TPSA) is 43.8 Å². The average Bonchev–Trinajstić information content (AvgIpc) is 2.84. The highest BCUT2D eigenvalue weighted by atomic mass is 15.3. The van der Waals surface area contributed by atoms with Crippen LogP contribution in [0.1, 0.15) is 49.4 Å². The third kappa shape index (κ3) is 2.23. The zero-order valence-electron chi connectivity index (χ0n) is 9.58. The quantitative estimate of drug-likeness (QED) is 0.822. The maximum Gasteiger partial charge on any atom is 0.0524 e. The number of hydrogen-bond acceptors (Lipinski definition) is 2. The predicted octanol–water partition coefficient (Wildman–Crippen LogP) is 2.20. The summed E-state index contributed by atoms with van der Waals surface area (Å²) in [7, 11) is 0. The van der Waals surface area contributed by atoms with Crippen molar-refractivity contribution in [2.45, 2.75) is 51.5 Å². The van der Waals surface area contributed by atoms with Gasteiger partial charge in [0.15, 0.2) is 0 Å². The molecule has 1 saturated carbocycles. The van der Waals surface area contributed by atoms with E-state index >= 15 is 0 Å². The summed E-state index contributed by atoms with van der Waals surface area (Å²) in [4.78, 5) is 0. The number of nitrogens with two attached hydrogens (primary N) is 1. The monoisotopic (exact) mass is 207 g/mol. The van der Waals surface area contributed by atoms with Crippen molar-refractivity contribution in [3.63, 3.8) is 0 Å². The van der Waals surface area contributed by atoms with Gasteiger partial charge in [0.25, 0.3) is 0 Å². The molecule has 1 aromatic rings. The molecule has 0 aliphatic heterocycles. The van der Waals surface area contributed by atoms with Crippen molar-refractivity contribution in [3.8, 4) is 0 Å². The van der Waals surface area contributed by atoms with Gasteiger partial charge >= 0.3 is 0 Å². The highest BCUT2D eigenvalue weighted by Crippen LogP contribution is 2.30. The lowest BCUT2D eigenvalue weighted by atomic mass is 10.1. The molecule has 2 N–H and O–H groups in total. The summed E-state index contributed by atoms with van der Waals surface area (Å²) >= 11 is 0. The molecule has 2 rings (SSSR count). The van der Waals surface area contributed by atoms with Crippen LogP contribution in [0.15, 0.2) is 6.20 Å². The largest absolute Gasteiger partial charge is 0.330 e. The minimum atomic E-state index is 0.664. The van der Waals surface area contributed by atoms with Crippen molar-refractivity contribution in [2.24, 2.45) is 5.73 Å². The van der Waals surface area contributed by atoms with Crippen molar-refractivity contribution in [1.29, 1.82) is 0 Å². The molecular formula is C12H21N3. The van der Waals surface area contributed by atoms with E-state index in [-0.39, 0.29) is 0 Å². The van der Waals surface area contributed by atoms with Crippen LogP contribution in [0.4, 0.5) is 0 Å². The summed E-state index contributed by atoms with van der Waals surface area (Å²) in [6.07, 6.45) is 9.51. The minimum Gasteiger partial charge on any atom is -0.330 e. The van der Waals surface area contributed by atoms with Crippen LogP contribution in [-0.2, 0) is 6.42 Å². The molecule has 84 valence electrons. The molecule has 1 heterocycles. The van der Waals surface area contributed by atoms with Crippen molar-refractivity contribution >= 4 is 0 Å². The van der Waals surface area contributed by atoms with E-state index in [1.54, 1.807) is 0 Å². The Hall–Kier alpha value is -0.830. The van der Waals surface area contributed by atoms with Crippen molar-refractivity contribution in [2.75, 3.05) is 6.54 Å². The van der Waals surface area contributed by atoms with Gasteiger partial charge in [-0.25, -0.2) is 0 Å². The molecule has 0 saturated heterocycles. The summed E-state index contributed by atoms with van der Waals surface area (Å²) in [6.45, 7) is 2.96. The van der Waals surface area contributed by atoms with Crippen LogP contribution in [-0.4, -0.2) is 16.3 Å². The van der Waals surface area contributed by atoms with Gasteiger partial charge in [-0.2, -0.15) is 5.10 Å². The average molecular weight is 207 g/mol. The van der Waals surface area contributed by atoms with Crippen LogP contribution in [0.25, 0.3) is 0 Å². The Kier molecular flexibility index (Phi) is 3.41. The number of hydrogen-bond donors (Lipinski definition) is 1. The van der Waals surface area contributed by atoms with Crippen LogP contribution < -0.4 is 5.73 Å². The first-order valence-corrected chi connectivity index (χ1v) is 6.06. The Morgan fingerprint density at radius 1 is 1.47 bits per heavy atom. The van der Waals surface area contributed by atoms with E-state index in [0.717, 1.165) is 19.4 Å². The molecule has 0 atom stereocenters. The van der Waals surface area contributed by atoms with Crippen LogP contribution >= 0.6 is 0 Å². The lowest BCUT2D eigenvalue weighted by Crippen LogP contribution is -2.09. The van der Waals surface area contributed by atoms with E-state index in [0.29, 0.717) is 6.04 Å². The van der Waals surface area contributed by atoms with Crippen LogP contribution in [0.2, 0.25) is 0 Å². The Balaban J connectivity index is 2.08. The first-order valence-electron chi connectivity index (χ1n) is 6.06. The highest BCUT2D eigenvalue weighted by molar-refractivity contribution is 5.17. The smallest absolute Gasteiger partial charge is 0.0524 e. The molecular weight excluding hydrogens is 186 g/mol. The summed E-state index contributed by atoms with van der Waals surface area (Å²) in [5.41, 5.74) is 8.27. The Bertz CT molecular complexity index is 311. The molecule has 0 bridgehead atoms. The first kappa shape index (κ1) is 10.7. The van der Waals surface area contributed by atoms with Gasteiger partial charge in [-0.05, 0) is 44.7 Å². The van der Waals surface area contributed by atoms with Crippen LogP contribution in [0.3, 0.4) is 0 Å². The van der Waals surface area contributed by atoms with Crippen LogP contribution in [0.5, 0.6) is 0 Å². The molecule has 0 radical (unpaired) electrons. The Morgan fingerprint density at radius 3 is 2.87 bits per heavy atom. The maximum absolute atomic E-state index is 5.53. The molecule has 0 spiro atoms. The molecule has 0 aromatic carbocycles. The van der Waals surface area contributed by atoms with Crippen molar-refractivity contribution in [3.05, 3.63) is 17.5 Å². The fraction of sp³-hybridized carbons (Fsp3) is 0.750. The van der Waals surface area contributed by atoms with Gasteiger partial charge in [-0.3, -0.25) is 4.68 Å². The zero-order chi connectivity index (χ0) is 10.7. The first-order chi connectivity index (χ1) is 7.33. The Labute approximate surface area is 91.7 Å². The van der Waals surface area contributed by atoms with Gasteiger partial charge in [0, 0.05) is 5.69 Å². The van der Waals surface area contributed by atoms with E-state index in [1.807, 2.05) is 6.20 Å². The highest BCUT2D eigenvalue weighted by Gasteiger charge is 2.19. The maximum atomic E-state index is 5.53. The van der Waals surface area contributed by atoms with E-state index < -0.39 is 0 Å². The third-order valence-corrected chi connectivity index (χ3v) is 3.47. The number of aromatic nitrogens is 2. The van der Waals surface area contributed by atoms with Gasteiger partial charge < -0.3 is 5.73 Å². The predicted molar refractivity (Wildman–Crippen MR) is 61.8 cm³/mol. The van der Waals surface area contributed by atoms with Crippen molar-refractivity contribution < 1.29 is 0 Å². The standard InChI is InChI=1S/C12H21N3/c1-10-11(5-4-8-13)9-14-15(10)12-6-2-3-7-12/h9,12H,2-8,13H2,1H3. The second-order valence-corrected chi connectivity index (χ2v) is 4.53. The fourth-order valence-electron chi connectivity index (χ4n) is 2.51. The fourth-order valence-corrected chi connectivity index (χ4v) is 2.51. The molecule has 3 heteroatoms. The molecule has 0 unspecified atom stereocenters. The zero-order valence-corrected chi connectivity index (χ0v) is 9.58. The normalized spacial score (nSPS) is 17.5. The lowest BCUT2D eigenvalue weighted by Gasteiger charge is -2.12. The number of rotatable bonds is 4. The van der Waals surface area contributed by atoms with Gasteiger partial charge in [-0.15, -0.1) is 0 Å². The van der Waals surface area contributed by atoms with E-state index in [1.165, 1.54) is 36.9 Å². The summed E-state index contributed by atoms with van der Waals surface area (Å²) < 4.78 is 2.23. The van der Waals surface area contributed by atoms with Gasteiger partial charge in [0.2, 0.25) is 0 Å². The molecule has 3 nitrogen and oxygen atoms in total. The van der Waals surface area contributed by atoms with E-state index in [9.17, 15) is 0 Å². The molecule has 0 amide bonds. The van der Waals surface area contributed by atoms with Gasteiger partial charge in [0.1, 0.15) is 0 Å². The SMILES string of the molecule is Cc1c(CCCN)cnn1C1CCCC1. The Morgan fingerprint density at radius 2 is 2.20 bits per heavy atom. The summed E-state index contributed by atoms with van der Waals surface area (Å²) in [5, 5.41) is 4.53.